The van der Waals surface area contributed by atoms with E-state index in [1.165, 1.54) is 181 Å². The fourth-order valence-corrected chi connectivity index (χ4v) is 15.9. The molecule has 0 amide bonds. The van der Waals surface area contributed by atoms with Crippen molar-refractivity contribution >= 4 is 29.0 Å². The van der Waals surface area contributed by atoms with Crippen LogP contribution in [0.2, 0.25) is 0 Å². The summed E-state index contributed by atoms with van der Waals surface area (Å²) in [6, 6.07) is 50.4. The van der Waals surface area contributed by atoms with Gasteiger partial charge in [-0.05, 0) is 0 Å². The van der Waals surface area contributed by atoms with E-state index >= 15 is 0 Å². The Balaban J connectivity index is 1.21. The summed E-state index contributed by atoms with van der Waals surface area (Å²) in [6.07, 6.45) is 25.4. The fraction of sp³-hybridized carbons (Fsp3) is 0.406. The molecule has 0 aliphatic heterocycles. The van der Waals surface area contributed by atoms with E-state index in [1.807, 2.05) is 0 Å². The number of aryl methyl sites for hydroxylation is 4. The van der Waals surface area contributed by atoms with E-state index in [0.29, 0.717) is 0 Å². The molecule has 7 aromatic rings. The maximum absolute atomic E-state index is 2.74. The van der Waals surface area contributed by atoms with Crippen molar-refractivity contribution in [3.63, 3.8) is 0 Å². The molecule has 0 atom stereocenters. The topological polar surface area (TPSA) is 0 Å². The number of rotatable bonds is 24. The zero-order valence-electron chi connectivity index (χ0n) is 40.7. The van der Waals surface area contributed by atoms with Crippen LogP contribution in [0.1, 0.15) is 197 Å². The average Bonchev–Trinajstić information content (AvgIpc) is 4.15. The molecule has 2 heteroatoms. The van der Waals surface area contributed by atoms with Crippen molar-refractivity contribution < 1.29 is 0 Å². The van der Waals surface area contributed by atoms with E-state index in [0.717, 1.165) is 25.7 Å². The average molecular weight is 1000 g/mol. The van der Waals surface area contributed by atoms with Gasteiger partial charge in [0.05, 0.1) is 0 Å². The van der Waals surface area contributed by atoms with Crippen molar-refractivity contribution in [2.75, 3.05) is 0 Å². The molecule has 5 aromatic carbocycles. The normalized spacial score (nSPS) is 14.0. The number of fused-ring (bicyclic) bond motifs is 6. The van der Waals surface area contributed by atoms with Crippen molar-refractivity contribution in [1.29, 1.82) is 0 Å². The van der Waals surface area contributed by atoms with Crippen LogP contribution in [0.5, 0.6) is 0 Å². The summed E-state index contributed by atoms with van der Waals surface area (Å²) >= 11 is 0.525. The predicted octanol–water partition coefficient (Wildman–Crippen LogP) is 17.0. The van der Waals surface area contributed by atoms with Crippen molar-refractivity contribution in [2.45, 2.75) is 167 Å². The van der Waals surface area contributed by atoms with Crippen molar-refractivity contribution in [1.82, 2.24) is 0 Å². The van der Waals surface area contributed by atoms with Gasteiger partial charge in [0.1, 0.15) is 0 Å². The Labute approximate surface area is 411 Å². The Bertz CT molecular complexity index is 2320. The first-order chi connectivity index (χ1) is 32.6. The first-order valence-electron chi connectivity index (χ1n) is 26.3. The molecule has 2 aliphatic carbocycles. The molecular weight excluding hydrogens is 927 g/mol. The van der Waals surface area contributed by atoms with Crippen LogP contribution in [0.15, 0.2) is 131 Å². The molecule has 66 heavy (non-hydrogen) atoms. The standard InChI is InChI=1S/C64H74Se2/c1-5-9-13-17-21-47-25-33-51(34-26-47)63(52-35-27-48(28-36-52)22-18-14-10-6-2)57-41-43-65-61(57)55-46-60-56(45-59(55)63)62-58(42-44-66-62)64(60,53-37-29-49(30-38-53)23-19-15-11-7-3)54-39-31-50(32-40-54)24-20-16-12-8-4/h25-46H,5-24H2,1-4H3. The van der Waals surface area contributed by atoms with Crippen LogP contribution in [0.25, 0.3) is 20.0 Å². The van der Waals surface area contributed by atoms with Crippen molar-refractivity contribution in [3.8, 4) is 20.0 Å². The first kappa shape index (κ1) is 47.2. The van der Waals surface area contributed by atoms with Crippen LogP contribution in [-0.4, -0.2) is 29.0 Å². The molecule has 9 rings (SSSR count). The number of hydrogen-bond donors (Lipinski definition) is 0. The van der Waals surface area contributed by atoms with E-state index in [4.69, 9.17) is 0 Å². The second-order valence-corrected chi connectivity index (χ2v) is 23.6. The quantitative estimate of drug-likeness (QED) is 0.0418. The molecular formula is C64H74Se2. The molecule has 0 unspecified atom stereocenters. The van der Waals surface area contributed by atoms with Crippen molar-refractivity contribution in [3.05, 3.63) is 198 Å². The van der Waals surface area contributed by atoms with Crippen molar-refractivity contribution in [2.24, 2.45) is 0 Å². The van der Waals surface area contributed by atoms with Gasteiger partial charge in [0.25, 0.3) is 0 Å². The summed E-state index contributed by atoms with van der Waals surface area (Å²) in [6.45, 7) is 9.25. The van der Waals surface area contributed by atoms with Gasteiger partial charge < -0.3 is 0 Å². The van der Waals surface area contributed by atoms with E-state index in [9.17, 15) is 0 Å². The third kappa shape index (κ3) is 9.07. The Morgan fingerprint density at radius 1 is 0.303 bits per heavy atom. The molecule has 2 aliphatic rings. The van der Waals surface area contributed by atoms with Gasteiger partial charge in [-0.15, -0.1) is 0 Å². The van der Waals surface area contributed by atoms with Crippen LogP contribution in [0, 0.1) is 0 Å². The van der Waals surface area contributed by atoms with Crippen LogP contribution < -0.4 is 0 Å². The van der Waals surface area contributed by atoms with Crippen LogP contribution in [0.3, 0.4) is 0 Å². The van der Waals surface area contributed by atoms with Gasteiger partial charge in [0.15, 0.2) is 0 Å². The Hall–Kier alpha value is -3.90. The van der Waals surface area contributed by atoms with E-state index in [2.05, 4.69) is 159 Å². The third-order valence-electron chi connectivity index (χ3n) is 15.4. The number of hydrogen-bond acceptors (Lipinski definition) is 0. The molecule has 0 nitrogen and oxygen atoms in total. The van der Waals surface area contributed by atoms with E-state index in [-0.39, 0.29) is 39.8 Å². The van der Waals surface area contributed by atoms with Gasteiger partial charge >= 0.3 is 386 Å². The SMILES string of the molecule is CCCCCCc1ccc(C2(c3ccc(CCCCCC)cc3)c3cc4c(cc3-c3[se]ccc32)C(c2ccc(CCCCCC)cc2)(c2ccc(CCCCCC)cc2)c2cc[se]c2-4)cc1. The molecule has 0 N–H and O–H groups in total. The Morgan fingerprint density at radius 2 is 0.576 bits per heavy atom. The fourth-order valence-electron chi connectivity index (χ4n) is 11.8. The van der Waals surface area contributed by atoms with Gasteiger partial charge in [-0.3, -0.25) is 0 Å². The van der Waals surface area contributed by atoms with Gasteiger partial charge in [0, 0.05) is 0 Å². The van der Waals surface area contributed by atoms with E-state index < -0.39 is 0 Å². The van der Waals surface area contributed by atoms with Crippen LogP contribution in [-0.2, 0) is 36.5 Å². The maximum atomic E-state index is 2.74. The minimum atomic E-state index is -0.361. The molecule has 0 saturated carbocycles. The monoisotopic (exact) mass is 1000 g/mol. The molecule has 2 heterocycles. The number of unbranched alkanes of at least 4 members (excludes halogenated alkanes) is 12. The molecule has 2 aromatic heterocycles. The van der Waals surface area contributed by atoms with Gasteiger partial charge in [-0.2, -0.15) is 0 Å². The zero-order valence-corrected chi connectivity index (χ0v) is 44.1. The van der Waals surface area contributed by atoms with Crippen LogP contribution >= 0.6 is 0 Å². The third-order valence-corrected chi connectivity index (χ3v) is 19.4. The summed E-state index contributed by atoms with van der Waals surface area (Å²) in [5, 5.41) is 0. The van der Waals surface area contributed by atoms with Gasteiger partial charge in [-0.25, -0.2) is 0 Å². The molecule has 0 bridgehead atoms. The number of benzene rings is 5. The van der Waals surface area contributed by atoms with Gasteiger partial charge in [0.2, 0.25) is 0 Å². The molecule has 342 valence electrons. The summed E-state index contributed by atoms with van der Waals surface area (Å²) in [5.74, 6) is 0. The summed E-state index contributed by atoms with van der Waals surface area (Å²) in [5.41, 5.74) is 19.8. The van der Waals surface area contributed by atoms with E-state index in [1.54, 1.807) is 8.87 Å². The molecule has 0 radical (unpaired) electrons. The second kappa shape index (κ2) is 22.0. The first-order valence-corrected chi connectivity index (χ1v) is 30.0. The summed E-state index contributed by atoms with van der Waals surface area (Å²) < 4.78 is 3.17. The van der Waals surface area contributed by atoms with Gasteiger partial charge in [-0.1, -0.05) is 27.7 Å². The molecule has 0 saturated heterocycles. The minimum absolute atomic E-state index is 0.263. The Kier molecular flexibility index (Phi) is 15.7. The summed E-state index contributed by atoms with van der Waals surface area (Å²) in [7, 11) is 0. The second-order valence-electron chi connectivity index (χ2n) is 19.8. The molecule has 0 spiro atoms. The zero-order chi connectivity index (χ0) is 45.4. The molecule has 0 fully saturated rings. The van der Waals surface area contributed by atoms with Crippen LogP contribution in [0.4, 0.5) is 0 Å². The predicted molar refractivity (Wildman–Crippen MR) is 286 cm³/mol. The Morgan fingerprint density at radius 3 is 0.833 bits per heavy atom. The summed E-state index contributed by atoms with van der Waals surface area (Å²) in [4.78, 5) is 5.03.